The van der Waals surface area contributed by atoms with E-state index in [1.54, 1.807) is 6.26 Å². The lowest BCUT2D eigenvalue weighted by Gasteiger charge is -2.34. The topological polar surface area (TPSA) is 43.4 Å². The molecule has 0 radical (unpaired) electrons. The van der Waals surface area contributed by atoms with E-state index in [0.29, 0.717) is 23.9 Å². The monoisotopic (exact) mass is 264 g/mol. The van der Waals surface area contributed by atoms with Crippen LogP contribution in [0.25, 0.3) is 0 Å². The van der Waals surface area contributed by atoms with Crippen molar-refractivity contribution in [2.24, 2.45) is 0 Å². The largest absolute Gasteiger partial charge is 0.500 e. The average Bonchev–Trinajstić information content (AvgIpc) is 2.22. The van der Waals surface area contributed by atoms with Crippen molar-refractivity contribution in [1.82, 2.24) is 0 Å². The van der Waals surface area contributed by atoms with Crippen molar-refractivity contribution in [2.45, 2.75) is 31.9 Å². The third kappa shape index (κ3) is 3.42. The van der Waals surface area contributed by atoms with Gasteiger partial charge in [-0.1, -0.05) is 6.92 Å². The van der Waals surface area contributed by atoms with E-state index in [1.807, 2.05) is 20.8 Å². The van der Waals surface area contributed by atoms with E-state index in [9.17, 15) is 8.42 Å². The Morgan fingerprint density at radius 3 is 2.62 bits per heavy atom. The van der Waals surface area contributed by atoms with Crippen LogP contribution in [0, 0.1) is 0 Å². The summed E-state index contributed by atoms with van der Waals surface area (Å²) < 4.78 is 28.7. The van der Waals surface area contributed by atoms with E-state index >= 15 is 0 Å². The summed E-state index contributed by atoms with van der Waals surface area (Å²) in [6.45, 7) is 6.31. The molecule has 0 spiro atoms. The van der Waals surface area contributed by atoms with E-state index in [2.05, 4.69) is 0 Å². The number of ether oxygens (including phenoxy) is 1. The summed E-state index contributed by atoms with van der Waals surface area (Å²) in [5, 5.41) is 0. The van der Waals surface area contributed by atoms with Gasteiger partial charge >= 0.3 is 0 Å². The van der Waals surface area contributed by atoms with Crippen LogP contribution in [0.15, 0.2) is 11.8 Å². The Hall–Kier alpha value is -0.160. The molecule has 16 heavy (non-hydrogen) atoms. The quantitative estimate of drug-likeness (QED) is 0.724. The fraction of sp³-hybridized carbons (Fsp3) is 0.818. The first-order valence-electron chi connectivity index (χ1n) is 5.48. The molecule has 0 aromatic carbocycles. The van der Waals surface area contributed by atoms with E-state index < -0.39 is 26.3 Å². The number of hydrogen-bond acceptors (Lipinski definition) is 3. The molecule has 1 aliphatic heterocycles. The maximum atomic E-state index is 12.0. The molecule has 1 fully saturated rings. The van der Waals surface area contributed by atoms with Crippen LogP contribution in [0.3, 0.4) is 0 Å². The molecule has 0 aliphatic carbocycles. The molecule has 0 amide bonds. The van der Waals surface area contributed by atoms with Gasteiger partial charge in [0.2, 0.25) is 0 Å². The standard InChI is InChI=1S/C11H20O3S2/c1-4-11(8-14-7-10(2)3)9-15(12)5-6-16(11)13/h7H,4-6,8-9H2,1-3H3. The Balaban J connectivity index is 2.70. The Morgan fingerprint density at radius 2 is 2.06 bits per heavy atom. The minimum Gasteiger partial charge on any atom is -0.500 e. The van der Waals surface area contributed by atoms with Crippen LogP contribution < -0.4 is 0 Å². The second kappa shape index (κ2) is 5.96. The number of allylic oxidation sites excluding steroid dienone is 1. The molecule has 1 rings (SSSR count). The van der Waals surface area contributed by atoms with Crippen molar-refractivity contribution < 1.29 is 13.2 Å². The highest BCUT2D eigenvalue weighted by molar-refractivity contribution is 7.93. The zero-order valence-corrected chi connectivity index (χ0v) is 11.8. The summed E-state index contributed by atoms with van der Waals surface area (Å²) in [6.07, 6.45) is 2.44. The van der Waals surface area contributed by atoms with Crippen molar-refractivity contribution in [3.8, 4) is 0 Å². The summed E-state index contributed by atoms with van der Waals surface area (Å²) in [7, 11) is -1.76. The molecule has 1 heterocycles. The third-order valence-corrected chi connectivity index (χ3v) is 6.78. The first-order valence-corrected chi connectivity index (χ1v) is 8.29. The van der Waals surface area contributed by atoms with Gasteiger partial charge in [0.05, 0.1) is 11.0 Å². The summed E-state index contributed by atoms with van der Waals surface area (Å²) in [4.78, 5) is 0. The van der Waals surface area contributed by atoms with E-state index in [0.717, 1.165) is 12.0 Å². The van der Waals surface area contributed by atoms with Gasteiger partial charge in [0, 0.05) is 38.9 Å². The molecule has 3 nitrogen and oxygen atoms in total. The second-order valence-electron chi connectivity index (χ2n) is 4.38. The van der Waals surface area contributed by atoms with E-state index in [1.165, 1.54) is 0 Å². The Morgan fingerprint density at radius 1 is 1.38 bits per heavy atom. The van der Waals surface area contributed by atoms with E-state index in [-0.39, 0.29) is 0 Å². The van der Waals surface area contributed by atoms with Gasteiger partial charge in [-0.2, -0.15) is 0 Å². The fourth-order valence-electron chi connectivity index (χ4n) is 1.65. The molecular weight excluding hydrogens is 244 g/mol. The number of hydrogen-bond donors (Lipinski definition) is 0. The summed E-state index contributed by atoms with van der Waals surface area (Å²) in [5.74, 6) is 1.61. The molecule has 0 saturated carbocycles. The van der Waals surface area contributed by atoms with Crippen LogP contribution in [0.2, 0.25) is 0 Å². The Kier molecular flexibility index (Phi) is 5.18. The van der Waals surface area contributed by atoms with Crippen molar-refractivity contribution in [3.05, 3.63) is 11.8 Å². The molecular formula is C11H20O3S2. The second-order valence-corrected chi connectivity index (χ2v) is 7.92. The molecule has 0 N–H and O–H groups in total. The lowest BCUT2D eigenvalue weighted by atomic mass is 10.1. The van der Waals surface area contributed by atoms with Crippen molar-refractivity contribution in [1.29, 1.82) is 0 Å². The first kappa shape index (κ1) is 13.9. The first-order chi connectivity index (χ1) is 7.50. The third-order valence-electron chi connectivity index (χ3n) is 2.71. The van der Waals surface area contributed by atoms with Gasteiger partial charge in [0.25, 0.3) is 0 Å². The summed E-state index contributed by atoms with van der Waals surface area (Å²) >= 11 is 0. The fourth-order valence-corrected chi connectivity index (χ4v) is 5.89. The minimum absolute atomic E-state index is 0.408. The van der Waals surface area contributed by atoms with Crippen LogP contribution in [0.1, 0.15) is 27.2 Å². The summed E-state index contributed by atoms with van der Waals surface area (Å²) in [5.41, 5.74) is 1.08. The highest BCUT2D eigenvalue weighted by Gasteiger charge is 2.40. The van der Waals surface area contributed by atoms with Crippen molar-refractivity contribution in [3.63, 3.8) is 0 Å². The van der Waals surface area contributed by atoms with Crippen LogP contribution in [-0.4, -0.2) is 37.0 Å². The van der Waals surface area contributed by atoms with Gasteiger partial charge in [-0.3, -0.25) is 8.42 Å². The van der Waals surface area contributed by atoms with Gasteiger partial charge in [0.1, 0.15) is 6.61 Å². The molecule has 1 saturated heterocycles. The summed E-state index contributed by atoms with van der Waals surface area (Å²) in [6, 6.07) is 0. The van der Waals surface area contributed by atoms with Gasteiger partial charge < -0.3 is 4.74 Å². The lowest BCUT2D eigenvalue weighted by molar-refractivity contribution is 0.212. The minimum atomic E-state index is -0.919. The van der Waals surface area contributed by atoms with Gasteiger partial charge in [-0.05, 0) is 25.8 Å². The maximum absolute atomic E-state index is 12.0. The molecule has 0 aromatic heterocycles. The molecule has 3 atom stereocenters. The normalized spacial score (nSPS) is 34.4. The molecule has 0 aromatic rings. The molecule has 3 unspecified atom stereocenters. The molecule has 1 aliphatic rings. The molecule has 5 heteroatoms. The average molecular weight is 264 g/mol. The Labute approximate surface area is 103 Å². The molecule has 0 bridgehead atoms. The van der Waals surface area contributed by atoms with Gasteiger partial charge in [-0.25, -0.2) is 0 Å². The maximum Gasteiger partial charge on any atom is 0.105 e. The van der Waals surface area contributed by atoms with E-state index in [4.69, 9.17) is 4.74 Å². The Bertz CT molecular complexity index is 321. The smallest absolute Gasteiger partial charge is 0.105 e. The van der Waals surface area contributed by atoms with Crippen molar-refractivity contribution >= 4 is 21.6 Å². The van der Waals surface area contributed by atoms with Crippen LogP contribution in [-0.2, 0) is 26.3 Å². The van der Waals surface area contributed by atoms with Gasteiger partial charge in [0.15, 0.2) is 0 Å². The van der Waals surface area contributed by atoms with Crippen molar-refractivity contribution in [2.75, 3.05) is 23.9 Å². The predicted octanol–water partition coefficient (Wildman–Crippen LogP) is 1.59. The van der Waals surface area contributed by atoms with Crippen LogP contribution >= 0.6 is 0 Å². The lowest BCUT2D eigenvalue weighted by Crippen LogP contribution is -2.49. The zero-order valence-electron chi connectivity index (χ0n) is 10.2. The SMILES string of the molecule is CCC1(COC=C(C)C)CS(=O)CCS1=O. The zero-order chi connectivity index (χ0) is 12.2. The molecule has 94 valence electrons. The highest BCUT2D eigenvalue weighted by atomic mass is 32.2. The number of rotatable bonds is 4. The van der Waals surface area contributed by atoms with Gasteiger partial charge in [-0.15, -0.1) is 0 Å². The van der Waals surface area contributed by atoms with Crippen LogP contribution in [0.4, 0.5) is 0 Å². The predicted molar refractivity (Wildman–Crippen MR) is 69.3 cm³/mol. The van der Waals surface area contributed by atoms with Crippen LogP contribution in [0.5, 0.6) is 0 Å². The highest BCUT2D eigenvalue weighted by Crippen LogP contribution is 2.25.